The van der Waals surface area contributed by atoms with Gasteiger partial charge < -0.3 is 10.1 Å². The zero-order valence-corrected chi connectivity index (χ0v) is 17.7. The van der Waals surface area contributed by atoms with E-state index in [1.807, 2.05) is 36.4 Å². The first kappa shape index (κ1) is 19.5. The van der Waals surface area contributed by atoms with Gasteiger partial charge in [-0.2, -0.15) is 5.10 Å². The minimum Gasteiger partial charge on any atom is -0.379 e. The Morgan fingerprint density at radius 2 is 1.97 bits per heavy atom. The van der Waals surface area contributed by atoms with E-state index >= 15 is 0 Å². The largest absolute Gasteiger partial charge is 0.379 e. The summed E-state index contributed by atoms with van der Waals surface area (Å²) in [7, 11) is 0. The first-order valence-electron chi connectivity index (χ1n) is 10.6. The van der Waals surface area contributed by atoms with Gasteiger partial charge in [-0.15, -0.1) is 11.3 Å². The molecule has 1 N–H and O–H groups in total. The van der Waals surface area contributed by atoms with Crippen molar-refractivity contribution >= 4 is 17.2 Å². The number of aromatic nitrogens is 2. The van der Waals surface area contributed by atoms with Crippen molar-refractivity contribution in [2.24, 2.45) is 0 Å². The molecule has 1 saturated carbocycles. The van der Waals surface area contributed by atoms with Crippen LogP contribution in [0.3, 0.4) is 0 Å². The lowest BCUT2D eigenvalue weighted by atomic mass is 10.2. The zero-order valence-electron chi connectivity index (χ0n) is 16.9. The highest BCUT2D eigenvalue weighted by Gasteiger charge is 2.30. The number of nitrogens with zero attached hydrogens (tertiary/aromatic N) is 3. The van der Waals surface area contributed by atoms with E-state index in [9.17, 15) is 4.79 Å². The average molecular weight is 423 g/mol. The second-order valence-electron chi connectivity index (χ2n) is 7.87. The summed E-state index contributed by atoms with van der Waals surface area (Å²) >= 11 is 1.74. The number of amides is 1. The number of rotatable bonds is 7. The SMILES string of the molecule is O=C(NCC(c1cccs1)N1CCOCC1)c1cc(C2CC2)nn1-c1ccccc1. The van der Waals surface area contributed by atoms with Crippen molar-refractivity contribution in [3.63, 3.8) is 0 Å². The number of thiophene rings is 1. The van der Waals surface area contributed by atoms with Gasteiger partial charge in [0.2, 0.25) is 0 Å². The van der Waals surface area contributed by atoms with E-state index in [-0.39, 0.29) is 11.9 Å². The molecule has 2 aromatic heterocycles. The van der Waals surface area contributed by atoms with E-state index in [0.717, 1.165) is 50.5 Å². The normalized spacial score (nSPS) is 18.3. The second kappa shape index (κ2) is 8.71. The Morgan fingerprint density at radius 1 is 1.17 bits per heavy atom. The molecule has 1 aliphatic heterocycles. The third kappa shape index (κ3) is 4.19. The number of hydrogen-bond acceptors (Lipinski definition) is 5. The van der Waals surface area contributed by atoms with Crippen LogP contribution in [0.25, 0.3) is 5.69 Å². The maximum absolute atomic E-state index is 13.2. The minimum atomic E-state index is -0.0759. The predicted octanol–water partition coefficient (Wildman–Crippen LogP) is 3.61. The lowest BCUT2D eigenvalue weighted by molar-refractivity contribution is 0.0169. The molecule has 1 amide bonds. The summed E-state index contributed by atoms with van der Waals surface area (Å²) in [6.45, 7) is 3.80. The zero-order chi connectivity index (χ0) is 20.3. The fourth-order valence-corrected chi connectivity index (χ4v) is 4.83. The van der Waals surface area contributed by atoms with E-state index in [1.54, 1.807) is 16.0 Å². The van der Waals surface area contributed by atoms with Gasteiger partial charge in [-0.1, -0.05) is 24.3 Å². The Bertz CT molecular complexity index is 976. The minimum absolute atomic E-state index is 0.0759. The van der Waals surface area contributed by atoms with Gasteiger partial charge in [0.1, 0.15) is 5.69 Å². The van der Waals surface area contributed by atoms with Gasteiger partial charge in [-0.3, -0.25) is 9.69 Å². The number of nitrogens with one attached hydrogen (secondary N) is 1. The molecule has 1 aliphatic carbocycles. The summed E-state index contributed by atoms with van der Waals surface area (Å²) < 4.78 is 7.31. The number of benzene rings is 1. The van der Waals surface area contributed by atoms with Crippen molar-refractivity contribution in [2.75, 3.05) is 32.8 Å². The van der Waals surface area contributed by atoms with E-state index in [4.69, 9.17) is 9.84 Å². The Labute approximate surface area is 180 Å². The molecule has 1 atom stereocenters. The molecule has 7 heteroatoms. The second-order valence-corrected chi connectivity index (χ2v) is 8.84. The highest BCUT2D eigenvalue weighted by Crippen LogP contribution is 2.39. The van der Waals surface area contributed by atoms with Crippen LogP contribution in [0.2, 0.25) is 0 Å². The maximum atomic E-state index is 13.2. The first-order valence-corrected chi connectivity index (χ1v) is 11.5. The lowest BCUT2D eigenvalue weighted by Crippen LogP contribution is -2.43. The van der Waals surface area contributed by atoms with Crippen LogP contribution in [0, 0.1) is 0 Å². The number of morpholine rings is 1. The van der Waals surface area contributed by atoms with Crippen molar-refractivity contribution in [1.82, 2.24) is 20.0 Å². The van der Waals surface area contributed by atoms with Gasteiger partial charge in [0.25, 0.3) is 5.91 Å². The highest BCUT2D eigenvalue weighted by atomic mass is 32.1. The molecule has 0 bridgehead atoms. The number of ether oxygens (including phenoxy) is 1. The van der Waals surface area contributed by atoms with Gasteiger partial charge in [0.05, 0.1) is 30.6 Å². The van der Waals surface area contributed by atoms with Gasteiger partial charge >= 0.3 is 0 Å². The van der Waals surface area contributed by atoms with Gasteiger partial charge in [-0.25, -0.2) is 4.68 Å². The molecule has 5 rings (SSSR count). The van der Waals surface area contributed by atoms with Crippen molar-refractivity contribution in [3.05, 3.63) is 70.2 Å². The van der Waals surface area contributed by atoms with Crippen LogP contribution in [-0.4, -0.2) is 53.4 Å². The Kier molecular flexibility index (Phi) is 5.66. The number of carbonyl (C=O) groups is 1. The van der Waals surface area contributed by atoms with E-state index in [0.29, 0.717) is 18.2 Å². The molecular formula is C23H26N4O2S. The van der Waals surface area contributed by atoms with Crippen LogP contribution < -0.4 is 5.32 Å². The number of carbonyl (C=O) groups excluding carboxylic acids is 1. The quantitative estimate of drug-likeness (QED) is 0.632. The van der Waals surface area contributed by atoms with Crippen LogP contribution in [0.5, 0.6) is 0 Å². The summed E-state index contributed by atoms with van der Waals surface area (Å²) in [5.74, 6) is 0.418. The van der Waals surface area contributed by atoms with Crippen molar-refractivity contribution in [3.8, 4) is 5.69 Å². The summed E-state index contributed by atoms with van der Waals surface area (Å²) in [5, 5.41) is 10.0. The molecule has 1 saturated heterocycles. The number of para-hydroxylation sites is 1. The molecular weight excluding hydrogens is 396 g/mol. The molecule has 30 heavy (non-hydrogen) atoms. The van der Waals surface area contributed by atoms with Gasteiger partial charge in [0.15, 0.2) is 0 Å². The summed E-state index contributed by atoms with van der Waals surface area (Å²) in [6.07, 6.45) is 2.31. The Balaban J connectivity index is 1.36. The first-order chi connectivity index (χ1) is 14.8. The molecule has 2 aliphatic rings. The van der Waals surface area contributed by atoms with E-state index in [2.05, 4.69) is 27.7 Å². The molecule has 156 valence electrons. The average Bonchev–Trinajstić information content (AvgIpc) is 3.32. The lowest BCUT2D eigenvalue weighted by Gasteiger charge is -2.34. The van der Waals surface area contributed by atoms with Gasteiger partial charge in [-0.05, 0) is 42.5 Å². The molecule has 1 unspecified atom stereocenters. The van der Waals surface area contributed by atoms with E-state index < -0.39 is 0 Å². The van der Waals surface area contributed by atoms with Crippen molar-refractivity contribution in [2.45, 2.75) is 24.8 Å². The van der Waals surface area contributed by atoms with Crippen LogP contribution in [-0.2, 0) is 4.74 Å². The molecule has 1 aromatic carbocycles. The predicted molar refractivity (Wildman–Crippen MR) is 117 cm³/mol. The molecule has 3 heterocycles. The molecule has 6 nitrogen and oxygen atoms in total. The summed E-state index contributed by atoms with van der Waals surface area (Å²) in [4.78, 5) is 16.9. The fourth-order valence-electron chi connectivity index (χ4n) is 3.97. The molecule has 0 radical (unpaired) electrons. The van der Waals surface area contributed by atoms with Crippen LogP contribution in [0.4, 0.5) is 0 Å². The van der Waals surface area contributed by atoms with Gasteiger partial charge in [0, 0.05) is 30.4 Å². The molecule has 0 spiro atoms. The molecule has 3 aromatic rings. The van der Waals surface area contributed by atoms with Crippen LogP contribution in [0.1, 0.15) is 45.9 Å². The summed E-state index contributed by atoms with van der Waals surface area (Å²) in [6, 6.07) is 16.2. The maximum Gasteiger partial charge on any atom is 0.270 e. The fraction of sp³-hybridized carbons (Fsp3) is 0.391. The van der Waals surface area contributed by atoms with Crippen LogP contribution >= 0.6 is 11.3 Å². The standard InChI is InChI=1S/C23H26N4O2S/c28-23(24-16-21(22-7-4-14-30-22)26-10-12-29-13-11-26)20-15-19(17-8-9-17)25-27(20)18-5-2-1-3-6-18/h1-7,14-15,17,21H,8-13,16H2,(H,24,28). The molecule has 2 fully saturated rings. The summed E-state index contributed by atoms with van der Waals surface area (Å²) in [5.41, 5.74) is 2.54. The van der Waals surface area contributed by atoms with Crippen molar-refractivity contribution < 1.29 is 9.53 Å². The smallest absolute Gasteiger partial charge is 0.270 e. The number of hydrogen-bond donors (Lipinski definition) is 1. The third-order valence-corrected chi connectivity index (χ3v) is 6.74. The highest BCUT2D eigenvalue weighted by molar-refractivity contribution is 7.10. The van der Waals surface area contributed by atoms with Crippen molar-refractivity contribution in [1.29, 1.82) is 0 Å². The monoisotopic (exact) mass is 422 g/mol. The Hall–Kier alpha value is -2.48. The van der Waals surface area contributed by atoms with E-state index in [1.165, 1.54) is 4.88 Å². The third-order valence-electron chi connectivity index (χ3n) is 5.77. The topological polar surface area (TPSA) is 59.4 Å². The Morgan fingerprint density at radius 3 is 2.67 bits per heavy atom. The van der Waals surface area contributed by atoms with Crippen LogP contribution in [0.15, 0.2) is 53.9 Å².